The molecule has 0 amide bonds. The summed E-state index contributed by atoms with van der Waals surface area (Å²) in [4.78, 5) is 6.61. The summed E-state index contributed by atoms with van der Waals surface area (Å²) in [5.41, 5.74) is 1.99. The van der Waals surface area contributed by atoms with Gasteiger partial charge >= 0.3 is 0 Å². The van der Waals surface area contributed by atoms with Crippen molar-refractivity contribution in [3.63, 3.8) is 0 Å². The summed E-state index contributed by atoms with van der Waals surface area (Å²) < 4.78 is 13.1. The molecule has 1 aliphatic heterocycles. The standard InChI is InChI=1S/C21H29N5O3/c1-13(2)26-18-11-16(5-6-17(18)12-22-26)19-23-20(29-24-19)15-7-9-25(10-8-15)21(27)28-14(3)4/h5-6,11-15,21,27H,7-10H2,1-4H3. The molecule has 8 heteroatoms. The molecule has 1 atom stereocenters. The molecule has 1 unspecified atom stereocenters. The Labute approximate surface area is 170 Å². The minimum Gasteiger partial charge on any atom is -0.356 e. The highest BCUT2D eigenvalue weighted by molar-refractivity contribution is 5.83. The van der Waals surface area contributed by atoms with E-state index < -0.39 is 6.41 Å². The summed E-state index contributed by atoms with van der Waals surface area (Å²) in [7, 11) is 0. The summed E-state index contributed by atoms with van der Waals surface area (Å²) >= 11 is 0. The molecule has 1 aromatic carbocycles. The molecule has 4 rings (SSSR count). The van der Waals surface area contributed by atoms with Crippen molar-refractivity contribution in [3.8, 4) is 11.4 Å². The van der Waals surface area contributed by atoms with Crippen LogP contribution < -0.4 is 0 Å². The van der Waals surface area contributed by atoms with Crippen LogP contribution in [-0.2, 0) is 4.74 Å². The Bertz CT molecular complexity index is 956. The van der Waals surface area contributed by atoms with Crippen molar-refractivity contribution in [2.75, 3.05) is 13.1 Å². The normalized spacial score (nSPS) is 17.6. The predicted octanol–water partition coefficient (Wildman–Crippen LogP) is 3.55. The molecule has 2 aromatic heterocycles. The lowest BCUT2D eigenvalue weighted by atomic mass is 9.97. The second-order valence-corrected chi connectivity index (χ2v) is 8.23. The maximum atomic E-state index is 10.1. The van der Waals surface area contributed by atoms with Crippen molar-refractivity contribution in [1.82, 2.24) is 24.8 Å². The quantitative estimate of drug-likeness (QED) is 0.634. The number of hydrogen-bond acceptors (Lipinski definition) is 7. The highest BCUT2D eigenvalue weighted by Gasteiger charge is 2.29. The van der Waals surface area contributed by atoms with E-state index in [9.17, 15) is 5.11 Å². The summed E-state index contributed by atoms with van der Waals surface area (Å²) in [6, 6.07) is 6.40. The van der Waals surface area contributed by atoms with E-state index in [-0.39, 0.29) is 18.1 Å². The maximum absolute atomic E-state index is 10.1. The van der Waals surface area contributed by atoms with Gasteiger partial charge in [-0.05, 0) is 46.6 Å². The Hall–Kier alpha value is -2.29. The fourth-order valence-electron chi connectivity index (χ4n) is 3.80. The van der Waals surface area contributed by atoms with E-state index in [1.54, 1.807) is 0 Å². The monoisotopic (exact) mass is 399 g/mol. The maximum Gasteiger partial charge on any atom is 0.230 e. The van der Waals surface area contributed by atoms with Crippen LogP contribution in [-0.4, -0.2) is 55.5 Å². The van der Waals surface area contributed by atoms with Gasteiger partial charge in [0.25, 0.3) is 0 Å². The minimum atomic E-state index is -0.855. The Morgan fingerprint density at radius 2 is 1.93 bits per heavy atom. The van der Waals surface area contributed by atoms with Crippen LogP contribution in [0.5, 0.6) is 0 Å². The van der Waals surface area contributed by atoms with Crippen LogP contribution in [0.1, 0.15) is 58.4 Å². The molecule has 8 nitrogen and oxygen atoms in total. The van der Waals surface area contributed by atoms with Crippen LogP contribution in [0.4, 0.5) is 0 Å². The molecule has 156 valence electrons. The fourth-order valence-corrected chi connectivity index (χ4v) is 3.80. The van der Waals surface area contributed by atoms with E-state index in [2.05, 4.69) is 35.2 Å². The third-order valence-electron chi connectivity index (χ3n) is 5.37. The number of benzene rings is 1. The molecular weight excluding hydrogens is 370 g/mol. The Balaban J connectivity index is 1.47. The molecular formula is C21H29N5O3. The second-order valence-electron chi connectivity index (χ2n) is 8.23. The van der Waals surface area contributed by atoms with Crippen molar-refractivity contribution in [2.45, 2.75) is 65.0 Å². The first kappa shape index (κ1) is 20.0. The average Bonchev–Trinajstić information content (AvgIpc) is 3.34. The number of fused-ring (bicyclic) bond motifs is 1. The van der Waals surface area contributed by atoms with Crippen LogP contribution in [0.2, 0.25) is 0 Å². The van der Waals surface area contributed by atoms with Gasteiger partial charge in [0.15, 0.2) is 0 Å². The van der Waals surface area contributed by atoms with E-state index in [0.29, 0.717) is 11.7 Å². The number of rotatable bonds is 6. The largest absolute Gasteiger partial charge is 0.356 e. The van der Waals surface area contributed by atoms with E-state index in [1.165, 1.54) is 0 Å². The summed E-state index contributed by atoms with van der Waals surface area (Å²) in [5.74, 6) is 1.46. The number of aliphatic hydroxyl groups excluding tert-OH is 1. The van der Waals surface area contributed by atoms with Crippen LogP contribution in [0.3, 0.4) is 0 Å². The first-order valence-electron chi connectivity index (χ1n) is 10.3. The zero-order valence-electron chi connectivity index (χ0n) is 17.4. The van der Waals surface area contributed by atoms with Crippen molar-refractivity contribution in [3.05, 3.63) is 30.3 Å². The number of ether oxygens (including phenoxy) is 1. The number of piperidine rings is 1. The van der Waals surface area contributed by atoms with Gasteiger partial charge in [0.1, 0.15) is 0 Å². The van der Waals surface area contributed by atoms with Crippen molar-refractivity contribution >= 4 is 10.9 Å². The summed E-state index contributed by atoms with van der Waals surface area (Å²) in [6.07, 6.45) is 2.71. The molecule has 29 heavy (non-hydrogen) atoms. The number of aliphatic hydroxyl groups is 1. The average molecular weight is 399 g/mol. The molecule has 0 spiro atoms. The fraction of sp³-hybridized carbons (Fsp3) is 0.571. The molecule has 3 aromatic rings. The summed E-state index contributed by atoms with van der Waals surface area (Å²) in [5, 5.41) is 19.9. The Morgan fingerprint density at radius 3 is 2.62 bits per heavy atom. The zero-order chi connectivity index (χ0) is 20.5. The van der Waals surface area contributed by atoms with E-state index in [0.717, 1.165) is 42.4 Å². The number of likely N-dealkylation sites (tertiary alicyclic amines) is 1. The second kappa shape index (κ2) is 8.22. The molecule has 1 aliphatic rings. The first-order chi connectivity index (χ1) is 13.9. The van der Waals surface area contributed by atoms with Crippen molar-refractivity contribution < 1.29 is 14.4 Å². The van der Waals surface area contributed by atoms with E-state index in [1.807, 2.05) is 41.8 Å². The SMILES string of the molecule is CC(C)OC(O)N1CCC(c2nc(-c3ccc4cnn(C(C)C)c4c3)no2)CC1. The number of hydrogen-bond donors (Lipinski definition) is 1. The number of aromatic nitrogens is 4. The van der Waals surface area contributed by atoms with E-state index >= 15 is 0 Å². The molecule has 1 fully saturated rings. The van der Waals surface area contributed by atoms with E-state index in [4.69, 9.17) is 9.26 Å². The van der Waals surface area contributed by atoms with Crippen molar-refractivity contribution in [2.24, 2.45) is 0 Å². The van der Waals surface area contributed by atoms with Gasteiger partial charge in [-0.3, -0.25) is 9.58 Å². The highest BCUT2D eigenvalue weighted by atomic mass is 16.6. The number of nitrogens with zero attached hydrogens (tertiary/aromatic N) is 5. The minimum absolute atomic E-state index is 0.00874. The van der Waals surface area contributed by atoms with Crippen molar-refractivity contribution in [1.29, 1.82) is 0 Å². The molecule has 1 N–H and O–H groups in total. The third kappa shape index (κ3) is 4.19. The first-order valence-corrected chi connectivity index (χ1v) is 10.3. The van der Waals surface area contributed by atoms with Gasteiger partial charge in [0.2, 0.25) is 18.1 Å². The molecule has 0 bridgehead atoms. The van der Waals surface area contributed by atoms with Gasteiger partial charge in [-0.1, -0.05) is 17.3 Å². The lowest BCUT2D eigenvalue weighted by Gasteiger charge is -2.34. The molecule has 0 radical (unpaired) electrons. The lowest BCUT2D eigenvalue weighted by molar-refractivity contribution is -0.215. The topological polar surface area (TPSA) is 89.4 Å². The third-order valence-corrected chi connectivity index (χ3v) is 5.37. The molecule has 3 heterocycles. The van der Waals surface area contributed by atoms with Gasteiger partial charge < -0.3 is 14.4 Å². The predicted molar refractivity (Wildman–Crippen MR) is 109 cm³/mol. The van der Waals surface area contributed by atoms with Crippen LogP contribution >= 0.6 is 0 Å². The smallest absolute Gasteiger partial charge is 0.230 e. The lowest BCUT2D eigenvalue weighted by Crippen LogP contribution is -2.43. The molecule has 0 saturated carbocycles. The molecule has 1 saturated heterocycles. The van der Waals surface area contributed by atoms with Crippen LogP contribution in [0, 0.1) is 0 Å². The van der Waals surface area contributed by atoms with Gasteiger partial charge in [-0.15, -0.1) is 0 Å². The van der Waals surface area contributed by atoms with Gasteiger partial charge in [-0.25, -0.2) is 0 Å². The molecule has 0 aliphatic carbocycles. The van der Waals surface area contributed by atoms with Crippen LogP contribution in [0.15, 0.2) is 28.9 Å². The zero-order valence-corrected chi connectivity index (χ0v) is 17.4. The van der Waals surface area contributed by atoms with Gasteiger partial charge in [0, 0.05) is 36.0 Å². The van der Waals surface area contributed by atoms with Crippen LogP contribution in [0.25, 0.3) is 22.3 Å². The summed E-state index contributed by atoms with van der Waals surface area (Å²) in [6.45, 7) is 9.52. The Morgan fingerprint density at radius 1 is 1.17 bits per heavy atom. The van der Waals surface area contributed by atoms with Gasteiger partial charge in [-0.2, -0.15) is 10.1 Å². The van der Waals surface area contributed by atoms with Gasteiger partial charge in [0.05, 0.1) is 17.8 Å². The Kier molecular flexibility index (Phi) is 5.67. The highest BCUT2D eigenvalue weighted by Crippen LogP contribution is 2.30.